The van der Waals surface area contributed by atoms with Gasteiger partial charge in [0.2, 0.25) is 5.88 Å². The molecule has 0 atom stereocenters. The maximum Gasteiger partial charge on any atom is 0.261 e. The number of aromatic nitrogens is 1. The molecule has 0 saturated carbocycles. The average molecular weight is 415 g/mol. The van der Waals surface area contributed by atoms with Crippen LogP contribution in [0.4, 0.5) is 10.1 Å². The molecule has 29 heavy (non-hydrogen) atoms. The molecule has 1 amide bonds. The summed E-state index contributed by atoms with van der Waals surface area (Å²) in [5.41, 5.74) is 0.742. The molecule has 0 radical (unpaired) electrons. The lowest BCUT2D eigenvalue weighted by atomic mass is 10.2. The number of nitrogens with zero attached hydrogens (tertiary/aromatic N) is 1. The van der Waals surface area contributed by atoms with Gasteiger partial charge >= 0.3 is 0 Å². The Morgan fingerprint density at radius 2 is 1.72 bits per heavy atom. The van der Waals surface area contributed by atoms with E-state index in [1.165, 1.54) is 30.5 Å². The zero-order valence-corrected chi connectivity index (χ0v) is 16.2. The van der Waals surface area contributed by atoms with Gasteiger partial charge in [-0.3, -0.25) is 9.52 Å². The third-order valence-corrected chi connectivity index (χ3v) is 5.19. The van der Waals surface area contributed by atoms with Gasteiger partial charge in [0.05, 0.1) is 16.8 Å². The zero-order valence-electron chi connectivity index (χ0n) is 15.4. The number of amides is 1. The second kappa shape index (κ2) is 8.70. The maximum atomic E-state index is 13.0. The molecule has 1 heterocycles. The molecule has 1 aromatic heterocycles. The summed E-state index contributed by atoms with van der Waals surface area (Å²) in [6, 6.07) is 14.0. The summed E-state index contributed by atoms with van der Waals surface area (Å²) >= 11 is 0. The van der Waals surface area contributed by atoms with Gasteiger partial charge in [-0.05, 0) is 61.5 Å². The van der Waals surface area contributed by atoms with E-state index in [9.17, 15) is 17.6 Å². The molecule has 2 N–H and O–H groups in total. The first-order chi connectivity index (χ1) is 13.9. The summed E-state index contributed by atoms with van der Waals surface area (Å²) in [7, 11) is -3.85. The molecule has 0 fully saturated rings. The van der Waals surface area contributed by atoms with Crippen LogP contribution in [0.25, 0.3) is 0 Å². The molecular formula is C20H18FN3O4S. The van der Waals surface area contributed by atoms with Crippen molar-refractivity contribution >= 4 is 21.6 Å². The Balaban J connectivity index is 1.65. The van der Waals surface area contributed by atoms with Gasteiger partial charge in [-0.1, -0.05) is 0 Å². The fourth-order valence-corrected chi connectivity index (χ4v) is 3.43. The fraction of sp³-hybridized carbons (Fsp3) is 0.100. The van der Waals surface area contributed by atoms with Gasteiger partial charge in [0, 0.05) is 18.2 Å². The molecular weight excluding hydrogens is 397 g/mol. The van der Waals surface area contributed by atoms with Crippen LogP contribution < -0.4 is 14.8 Å². The van der Waals surface area contributed by atoms with Crippen molar-refractivity contribution in [3.63, 3.8) is 0 Å². The Labute approximate surface area is 167 Å². The number of sulfonamides is 1. The summed E-state index contributed by atoms with van der Waals surface area (Å²) < 4.78 is 45.5. The van der Waals surface area contributed by atoms with Crippen LogP contribution >= 0.6 is 0 Å². The quantitative estimate of drug-likeness (QED) is 0.615. The number of carbonyl (C=O) groups excluding carboxylic acids is 1. The smallest absolute Gasteiger partial charge is 0.261 e. The van der Waals surface area contributed by atoms with Gasteiger partial charge in [0.1, 0.15) is 11.6 Å². The van der Waals surface area contributed by atoms with Gasteiger partial charge in [0.15, 0.2) is 0 Å². The van der Waals surface area contributed by atoms with Gasteiger partial charge < -0.3 is 10.1 Å². The highest BCUT2D eigenvalue weighted by atomic mass is 32.2. The molecule has 150 valence electrons. The molecule has 0 aliphatic carbocycles. The summed E-state index contributed by atoms with van der Waals surface area (Å²) in [5.74, 6) is 0.0341. The Hall–Kier alpha value is -3.46. The van der Waals surface area contributed by atoms with Gasteiger partial charge in [-0.2, -0.15) is 0 Å². The first kappa shape index (κ1) is 20.3. The number of carbonyl (C=O) groups is 1. The van der Waals surface area contributed by atoms with E-state index in [2.05, 4.69) is 15.0 Å². The molecule has 0 bridgehead atoms. The van der Waals surface area contributed by atoms with Crippen molar-refractivity contribution in [1.29, 1.82) is 0 Å². The Bertz CT molecular complexity index is 1080. The predicted octanol–water partition coefficient (Wildman–Crippen LogP) is 3.56. The molecule has 0 aliphatic rings. The number of pyridine rings is 1. The lowest BCUT2D eigenvalue weighted by molar-refractivity contribution is 0.0956. The van der Waals surface area contributed by atoms with Crippen molar-refractivity contribution in [3.05, 3.63) is 78.2 Å². The molecule has 0 aliphatic heterocycles. The highest BCUT2D eigenvalue weighted by Crippen LogP contribution is 2.22. The maximum absolute atomic E-state index is 13.0. The number of benzene rings is 2. The standard InChI is InChI=1S/C20H18FN3O4S/c1-2-22-20(25)14-3-8-17(9-4-14)28-19-12-7-16(13-23-19)24-29(26,27)18-10-5-15(21)6-11-18/h3-13,24H,2H2,1H3,(H,22,25). The third kappa shape index (κ3) is 5.29. The number of rotatable bonds is 7. The van der Waals surface area contributed by atoms with E-state index in [0.29, 0.717) is 17.9 Å². The average Bonchev–Trinajstić information content (AvgIpc) is 2.70. The second-order valence-electron chi connectivity index (χ2n) is 5.93. The SMILES string of the molecule is CCNC(=O)c1ccc(Oc2ccc(NS(=O)(=O)c3ccc(F)cc3)cn2)cc1. The minimum Gasteiger partial charge on any atom is -0.439 e. The molecule has 0 unspecified atom stereocenters. The number of hydrogen-bond acceptors (Lipinski definition) is 5. The third-order valence-electron chi connectivity index (χ3n) is 3.79. The number of hydrogen-bond donors (Lipinski definition) is 2. The Morgan fingerprint density at radius 3 is 2.31 bits per heavy atom. The molecule has 3 aromatic rings. The number of halogens is 1. The van der Waals surface area contributed by atoms with Gasteiger partial charge in [-0.25, -0.2) is 17.8 Å². The minimum absolute atomic E-state index is 0.0635. The highest BCUT2D eigenvalue weighted by molar-refractivity contribution is 7.92. The van der Waals surface area contributed by atoms with E-state index in [0.717, 1.165) is 12.1 Å². The van der Waals surface area contributed by atoms with Crippen LogP contribution in [-0.2, 0) is 10.0 Å². The van der Waals surface area contributed by atoms with Crippen LogP contribution in [0.5, 0.6) is 11.6 Å². The zero-order chi connectivity index (χ0) is 20.9. The first-order valence-electron chi connectivity index (χ1n) is 8.68. The second-order valence-corrected chi connectivity index (χ2v) is 7.61. The highest BCUT2D eigenvalue weighted by Gasteiger charge is 2.14. The van der Waals surface area contributed by atoms with Crippen molar-refractivity contribution < 1.29 is 22.3 Å². The van der Waals surface area contributed by atoms with E-state index < -0.39 is 15.8 Å². The van der Waals surface area contributed by atoms with Crippen molar-refractivity contribution in [2.75, 3.05) is 11.3 Å². The van der Waals surface area contributed by atoms with Crippen LogP contribution in [0.3, 0.4) is 0 Å². The van der Waals surface area contributed by atoms with Crippen LogP contribution in [0.1, 0.15) is 17.3 Å². The molecule has 3 rings (SSSR count). The topological polar surface area (TPSA) is 97.4 Å². The van der Waals surface area contributed by atoms with Crippen molar-refractivity contribution in [2.45, 2.75) is 11.8 Å². The number of anilines is 1. The van der Waals surface area contributed by atoms with E-state index in [1.54, 1.807) is 24.3 Å². The van der Waals surface area contributed by atoms with Gasteiger partial charge in [0.25, 0.3) is 15.9 Å². The summed E-state index contributed by atoms with van der Waals surface area (Å²) in [5, 5.41) is 2.70. The Kier molecular flexibility index (Phi) is 6.08. The van der Waals surface area contributed by atoms with Gasteiger partial charge in [-0.15, -0.1) is 0 Å². The monoisotopic (exact) mass is 415 g/mol. The fourth-order valence-electron chi connectivity index (χ4n) is 2.39. The van der Waals surface area contributed by atoms with E-state index >= 15 is 0 Å². The molecule has 9 heteroatoms. The normalized spacial score (nSPS) is 11.0. The van der Waals surface area contributed by atoms with E-state index in [-0.39, 0.29) is 22.4 Å². The lowest BCUT2D eigenvalue weighted by Gasteiger charge is -2.09. The molecule has 2 aromatic carbocycles. The minimum atomic E-state index is -3.85. The molecule has 7 nitrogen and oxygen atoms in total. The van der Waals surface area contributed by atoms with Crippen LogP contribution in [0, 0.1) is 5.82 Å². The van der Waals surface area contributed by atoms with Crippen LogP contribution in [-0.4, -0.2) is 25.9 Å². The largest absolute Gasteiger partial charge is 0.439 e. The van der Waals surface area contributed by atoms with Crippen LogP contribution in [0.2, 0.25) is 0 Å². The van der Waals surface area contributed by atoms with E-state index in [1.807, 2.05) is 6.92 Å². The Morgan fingerprint density at radius 1 is 1.03 bits per heavy atom. The van der Waals surface area contributed by atoms with Crippen LogP contribution in [0.15, 0.2) is 71.8 Å². The summed E-state index contributed by atoms with van der Waals surface area (Å²) in [6.45, 7) is 2.38. The summed E-state index contributed by atoms with van der Waals surface area (Å²) in [6.07, 6.45) is 1.31. The first-order valence-corrected chi connectivity index (χ1v) is 10.2. The van der Waals surface area contributed by atoms with Crippen molar-refractivity contribution in [2.24, 2.45) is 0 Å². The number of nitrogens with one attached hydrogen (secondary N) is 2. The van der Waals surface area contributed by atoms with Crippen molar-refractivity contribution in [3.8, 4) is 11.6 Å². The summed E-state index contributed by atoms with van der Waals surface area (Å²) in [4.78, 5) is 15.7. The van der Waals surface area contributed by atoms with E-state index in [4.69, 9.17) is 4.74 Å². The number of ether oxygens (including phenoxy) is 1. The molecule has 0 spiro atoms. The lowest BCUT2D eigenvalue weighted by Crippen LogP contribution is -2.22. The predicted molar refractivity (Wildman–Crippen MR) is 106 cm³/mol. The molecule has 0 saturated heterocycles. The van der Waals surface area contributed by atoms with Crippen molar-refractivity contribution in [1.82, 2.24) is 10.3 Å².